The number of anilines is 1. The Morgan fingerprint density at radius 1 is 0.900 bits per heavy atom. The van der Waals surface area contributed by atoms with Crippen LogP contribution in [0.4, 0.5) is 5.69 Å². The molecule has 0 unspecified atom stereocenters. The molecule has 148 valence electrons. The van der Waals surface area contributed by atoms with E-state index < -0.39 is 11.9 Å². The molecular formula is C23H17N3O4. The zero-order valence-corrected chi connectivity index (χ0v) is 15.8. The summed E-state index contributed by atoms with van der Waals surface area (Å²) >= 11 is 0. The first-order valence-corrected chi connectivity index (χ1v) is 9.22. The molecule has 1 aromatic heterocycles. The van der Waals surface area contributed by atoms with Crippen molar-refractivity contribution in [2.75, 3.05) is 5.32 Å². The van der Waals surface area contributed by atoms with E-state index in [9.17, 15) is 14.4 Å². The van der Waals surface area contributed by atoms with Crippen LogP contribution in [-0.2, 0) is 11.3 Å². The molecule has 30 heavy (non-hydrogen) atoms. The molecule has 4 rings (SSSR count). The van der Waals surface area contributed by atoms with Gasteiger partial charge in [-0.1, -0.05) is 54.6 Å². The Hall–Kier alpha value is -4.26. The number of benzene rings is 3. The zero-order chi connectivity index (χ0) is 20.9. The lowest BCUT2D eigenvalue weighted by Crippen LogP contribution is -2.19. The van der Waals surface area contributed by atoms with Gasteiger partial charge in [-0.3, -0.25) is 9.59 Å². The SMILES string of the molecule is O=C(OCc1ccccc1)c1cccc(NC(=O)c2n[nH]c(=O)c3ccccc23)c1. The molecular weight excluding hydrogens is 382 g/mol. The summed E-state index contributed by atoms with van der Waals surface area (Å²) in [6, 6.07) is 22.5. The summed E-state index contributed by atoms with van der Waals surface area (Å²) in [7, 11) is 0. The number of hydrogen-bond acceptors (Lipinski definition) is 5. The molecule has 0 radical (unpaired) electrons. The molecule has 0 aliphatic carbocycles. The second-order valence-electron chi connectivity index (χ2n) is 6.54. The molecule has 0 bridgehead atoms. The van der Waals surface area contributed by atoms with E-state index in [-0.39, 0.29) is 17.9 Å². The van der Waals surface area contributed by atoms with Crippen LogP contribution in [0, 0.1) is 0 Å². The zero-order valence-electron chi connectivity index (χ0n) is 15.8. The Bertz CT molecular complexity index is 1280. The number of ether oxygens (including phenoxy) is 1. The summed E-state index contributed by atoms with van der Waals surface area (Å²) in [4.78, 5) is 37.0. The number of fused-ring (bicyclic) bond motifs is 1. The molecule has 0 aliphatic heterocycles. The van der Waals surface area contributed by atoms with Crippen LogP contribution in [0.5, 0.6) is 0 Å². The minimum Gasteiger partial charge on any atom is -0.457 e. The Labute approximate surface area is 171 Å². The van der Waals surface area contributed by atoms with Crippen molar-refractivity contribution in [1.82, 2.24) is 10.2 Å². The van der Waals surface area contributed by atoms with Crippen LogP contribution in [0.15, 0.2) is 83.7 Å². The molecule has 0 spiro atoms. The summed E-state index contributed by atoms with van der Waals surface area (Å²) < 4.78 is 5.33. The number of aromatic nitrogens is 2. The lowest BCUT2D eigenvalue weighted by atomic mass is 10.1. The maximum absolute atomic E-state index is 12.7. The van der Waals surface area contributed by atoms with E-state index in [0.717, 1.165) is 5.56 Å². The molecule has 0 atom stereocenters. The molecule has 2 N–H and O–H groups in total. The van der Waals surface area contributed by atoms with Gasteiger partial charge in [0.05, 0.1) is 10.9 Å². The normalized spacial score (nSPS) is 10.5. The van der Waals surface area contributed by atoms with Gasteiger partial charge in [0.15, 0.2) is 5.69 Å². The van der Waals surface area contributed by atoms with E-state index in [2.05, 4.69) is 15.5 Å². The van der Waals surface area contributed by atoms with Gasteiger partial charge in [-0.25, -0.2) is 9.89 Å². The van der Waals surface area contributed by atoms with Crippen LogP contribution in [0.1, 0.15) is 26.4 Å². The van der Waals surface area contributed by atoms with Crippen molar-refractivity contribution in [3.63, 3.8) is 0 Å². The van der Waals surface area contributed by atoms with Crippen LogP contribution in [-0.4, -0.2) is 22.1 Å². The molecule has 0 fully saturated rings. The fraction of sp³-hybridized carbons (Fsp3) is 0.0435. The van der Waals surface area contributed by atoms with Crippen LogP contribution in [0.2, 0.25) is 0 Å². The number of nitrogens with one attached hydrogen (secondary N) is 2. The van der Waals surface area contributed by atoms with Gasteiger partial charge >= 0.3 is 5.97 Å². The highest BCUT2D eigenvalue weighted by atomic mass is 16.5. The van der Waals surface area contributed by atoms with Crippen LogP contribution < -0.4 is 10.9 Å². The number of rotatable bonds is 5. The number of aromatic amines is 1. The van der Waals surface area contributed by atoms with Crippen molar-refractivity contribution in [3.05, 3.63) is 106 Å². The van der Waals surface area contributed by atoms with E-state index >= 15 is 0 Å². The van der Waals surface area contributed by atoms with E-state index in [0.29, 0.717) is 22.0 Å². The van der Waals surface area contributed by atoms with E-state index in [1.54, 1.807) is 42.5 Å². The third kappa shape index (κ3) is 4.10. The van der Waals surface area contributed by atoms with E-state index in [1.165, 1.54) is 6.07 Å². The molecule has 7 heteroatoms. The van der Waals surface area contributed by atoms with Crippen molar-refractivity contribution in [3.8, 4) is 0 Å². The molecule has 1 amide bonds. The van der Waals surface area contributed by atoms with Gasteiger partial charge in [0.2, 0.25) is 0 Å². The van der Waals surface area contributed by atoms with Gasteiger partial charge in [-0.15, -0.1) is 0 Å². The quantitative estimate of drug-likeness (QED) is 0.500. The smallest absolute Gasteiger partial charge is 0.338 e. The average molecular weight is 399 g/mol. The molecule has 7 nitrogen and oxygen atoms in total. The maximum Gasteiger partial charge on any atom is 0.338 e. The molecule has 4 aromatic rings. The summed E-state index contributed by atoms with van der Waals surface area (Å²) in [6.45, 7) is 0.156. The highest BCUT2D eigenvalue weighted by Crippen LogP contribution is 2.17. The van der Waals surface area contributed by atoms with Crippen LogP contribution in [0.3, 0.4) is 0 Å². The second-order valence-corrected chi connectivity index (χ2v) is 6.54. The van der Waals surface area contributed by atoms with Crippen molar-refractivity contribution < 1.29 is 14.3 Å². The molecule has 0 aliphatic rings. The number of H-pyrrole nitrogens is 1. The third-order valence-electron chi connectivity index (χ3n) is 4.48. The van der Waals surface area contributed by atoms with E-state index in [4.69, 9.17) is 4.74 Å². The topological polar surface area (TPSA) is 101 Å². The summed E-state index contributed by atoms with van der Waals surface area (Å²) in [5.74, 6) is -1.00. The monoisotopic (exact) mass is 399 g/mol. The fourth-order valence-corrected chi connectivity index (χ4v) is 3.01. The van der Waals surface area contributed by atoms with Crippen molar-refractivity contribution in [2.45, 2.75) is 6.61 Å². The largest absolute Gasteiger partial charge is 0.457 e. The Balaban J connectivity index is 1.51. The lowest BCUT2D eigenvalue weighted by molar-refractivity contribution is 0.0472. The number of hydrogen-bond donors (Lipinski definition) is 2. The Morgan fingerprint density at radius 3 is 2.43 bits per heavy atom. The molecule has 3 aromatic carbocycles. The molecule has 0 saturated carbocycles. The first-order chi connectivity index (χ1) is 14.6. The molecule has 1 heterocycles. The van der Waals surface area contributed by atoms with Gasteiger partial charge in [-0.2, -0.15) is 5.10 Å². The number of esters is 1. The Morgan fingerprint density at radius 2 is 1.63 bits per heavy atom. The van der Waals surface area contributed by atoms with Gasteiger partial charge in [0, 0.05) is 11.1 Å². The maximum atomic E-state index is 12.7. The summed E-state index contributed by atoms with van der Waals surface area (Å²) in [5.41, 5.74) is 1.31. The summed E-state index contributed by atoms with van der Waals surface area (Å²) in [6.07, 6.45) is 0. The fourth-order valence-electron chi connectivity index (χ4n) is 3.01. The first-order valence-electron chi connectivity index (χ1n) is 9.22. The van der Waals surface area contributed by atoms with Gasteiger partial charge in [0.1, 0.15) is 6.61 Å². The van der Waals surface area contributed by atoms with Gasteiger partial charge in [0.25, 0.3) is 11.5 Å². The predicted octanol–water partition coefficient (Wildman–Crippen LogP) is 3.53. The molecule has 0 saturated heterocycles. The van der Waals surface area contributed by atoms with Crippen LogP contribution >= 0.6 is 0 Å². The average Bonchev–Trinajstić information content (AvgIpc) is 2.78. The predicted molar refractivity (Wildman–Crippen MR) is 112 cm³/mol. The lowest BCUT2D eigenvalue weighted by Gasteiger charge is -2.09. The number of amides is 1. The summed E-state index contributed by atoms with van der Waals surface area (Å²) in [5, 5.41) is 9.73. The highest BCUT2D eigenvalue weighted by Gasteiger charge is 2.15. The number of nitrogens with zero attached hydrogens (tertiary/aromatic N) is 1. The highest BCUT2D eigenvalue weighted by molar-refractivity contribution is 6.11. The minimum atomic E-state index is -0.503. The third-order valence-corrected chi connectivity index (χ3v) is 4.48. The standard InChI is InChI=1S/C23H17N3O4/c27-21-19-12-5-4-11-18(19)20(25-26-21)22(28)24-17-10-6-9-16(13-17)23(29)30-14-15-7-2-1-3-8-15/h1-13H,14H2,(H,24,28)(H,26,27). The number of carbonyl (C=O) groups excluding carboxylic acids is 2. The van der Waals surface area contributed by atoms with Crippen molar-refractivity contribution >= 4 is 28.3 Å². The minimum absolute atomic E-state index is 0.0854. The van der Waals surface area contributed by atoms with Gasteiger partial charge < -0.3 is 10.1 Å². The van der Waals surface area contributed by atoms with Crippen LogP contribution in [0.25, 0.3) is 10.8 Å². The Kier molecular flexibility index (Phi) is 5.34. The number of carbonyl (C=O) groups is 2. The van der Waals surface area contributed by atoms with E-state index in [1.807, 2.05) is 30.3 Å². The first kappa shape index (κ1) is 19.1. The van der Waals surface area contributed by atoms with Gasteiger partial charge in [-0.05, 0) is 29.8 Å². The van der Waals surface area contributed by atoms with Crippen molar-refractivity contribution in [2.24, 2.45) is 0 Å². The van der Waals surface area contributed by atoms with Crippen molar-refractivity contribution in [1.29, 1.82) is 0 Å². The second kappa shape index (κ2) is 8.40.